The van der Waals surface area contributed by atoms with Crippen molar-refractivity contribution in [3.63, 3.8) is 0 Å². The van der Waals surface area contributed by atoms with Crippen LogP contribution in [0.5, 0.6) is 0 Å². The zero-order valence-electron chi connectivity index (χ0n) is 8.00. The number of nitriles is 1. The van der Waals surface area contributed by atoms with Gasteiger partial charge in [0.15, 0.2) is 0 Å². The number of carbonyl (C=O) groups excluding carboxylic acids is 1. The van der Waals surface area contributed by atoms with E-state index in [0.29, 0.717) is 0 Å². The van der Waals surface area contributed by atoms with Gasteiger partial charge in [-0.3, -0.25) is 0 Å². The van der Waals surface area contributed by atoms with Crippen LogP contribution in [-0.4, -0.2) is 13.1 Å². The normalized spacial score (nSPS) is 9.21. The van der Waals surface area contributed by atoms with Crippen LogP contribution in [0.1, 0.15) is 21.5 Å². The van der Waals surface area contributed by atoms with Crippen LogP contribution >= 0.6 is 0 Å². The minimum absolute atomic E-state index is 0.139. The summed E-state index contributed by atoms with van der Waals surface area (Å²) < 4.78 is 4.53. The largest absolute Gasteiger partial charge is 0.465 e. The Balaban J connectivity index is 3.42. The molecule has 0 aromatic heterocycles. The first-order valence-electron chi connectivity index (χ1n) is 3.98. The van der Waals surface area contributed by atoms with Crippen molar-refractivity contribution < 1.29 is 9.53 Å². The molecule has 0 atom stereocenters. The molecule has 1 aromatic carbocycles. The van der Waals surface area contributed by atoms with Crippen molar-refractivity contribution in [1.82, 2.24) is 0 Å². The fourth-order valence-electron chi connectivity index (χ4n) is 1.23. The molecule has 0 unspecified atom stereocenters. The molecule has 0 fully saturated rings. The Morgan fingerprint density at radius 1 is 1.57 bits per heavy atom. The van der Waals surface area contributed by atoms with Crippen LogP contribution in [0.15, 0.2) is 12.1 Å². The standard InChI is InChI=1S/C10H10N2O2/c1-6-3-7(5-11)9(8(12)4-6)10(13)14-2/h3-4H,12H2,1-2H3. The average Bonchev–Trinajstić information content (AvgIpc) is 2.15. The van der Waals surface area contributed by atoms with E-state index in [1.165, 1.54) is 7.11 Å². The summed E-state index contributed by atoms with van der Waals surface area (Å²) in [4.78, 5) is 11.3. The molecule has 0 saturated heterocycles. The number of nitrogen functional groups attached to an aromatic ring is 1. The quantitative estimate of drug-likeness (QED) is 0.533. The van der Waals surface area contributed by atoms with Gasteiger partial charge in [-0.1, -0.05) is 0 Å². The molecule has 4 nitrogen and oxygen atoms in total. The van der Waals surface area contributed by atoms with Crippen LogP contribution in [-0.2, 0) is 4.74 Å². The van der Waals surface area contributed by atoms with E-state index in [0.717, 1.165) is 5.56 Å². The third-order valence-corrected chi connectivity index (χ3v) is 1.82. The third kappa shape index (κ3) is 1.67. The summed E-state index contributed by atoms with van der Waals surface area (Å²) >= 11 is 0. The van der Waals surface area contributed by atoms with E-state index in [-0.39, 0.29) is 16.8 Å². The van der Waals surface area contributed by atoms with E-state index in [9.17, 15) is 4.79 Å². The minimum Gasteiger partial charge on any atom is -0.465 e. The van der Waals surface area contributed by atoms with Gasteiger partial charge in [0.1, 0.15) is 11.6 Å². The number of carbonyl (C=O) groups is 1. The van der Waals surface area contributed by atoms with E-state index in [1.54, 1.807) is 19.1 Å². The van der Waals surface area contributed by atoms with Crippen LogP contribution in [0.3, 0.4) is 0 Å². The molecule has 0 radical (unpaired) electrons. The molecule has 0 aliphatic rings. The van der Waals surface area contributed by atoms with Crippen molar-refractivity contribution in [2.24, 2.45) is 0 Å². The molecule has 72 valence electrons. The maximum Gasteiger partial charge on any atom is 0.341 e. The Bertz CT molecular complexity index is 419. The fraction of sp³-hybridized carbons (Fsp3) is 0.200. The molecule has 1 aromatic rings. The molecule has 0 saturated carbocycles. The molecule has 4 heteroatoms. The molecule has 0 heterocycles. The third-order valence-electron chi connectivity index (χ3n) is 1.82. The fourth-order valence-corrected chi connectivity index (χ4v) is 1.23. The van der Waals surface area contributed by atoms with Gasteiger partial charge in [0.05, 0.1) is 12.7 Å². The van der Waals surface area contributed by atoms with E-state index < -0.39 is 5.97 Å². The number of nitrogens with two attached hydrogens (primary N) is 1. The van der Waals surface area contributed by atoms with Crippen molar-refractivity contribution >= 4 is 11.7 Å². The maximum atomic E-state index is 11.3. The summed E-state index contributed by atoms with van der Waals surface area (Å²) in [6, 6.07) is 5.14. The molecule has 0 aliphatic heterocycles. The SMILES string of the molecule is COC(=O)c1c(N)cc(C)cc1C#N. The zero-order chi connectivity index (χ0) is 10.7. The highest BCUT2D eigenvalue weighted by atomic mass is 16.5. The summed E-state index contributed by atoms with van der Waals surface area (Å²) in [7, 11) is 1.25. The second kappa shape index (κ2) is 3.79. The molecular weight excluding hydrogens is 180 g/mol. The van der Waals surface area contributed by atoms with Gasteiger partial charge in [0, 0.05) is 5.69 Å². The molecule has 14 heavy (non-hydrogen) atoms. The number of esters is 1. The first-order valence-corrected chi connectivity index (χ1v) is 3.98. The molecule has 0 amide bonds. The smallest absolute Gasteiger partial charge is 0.341 e. The van der Waals surface area contributed by atoms with Gasteiger partial charge < -0.3 is 10.5 Å². The molecule has 0 spiro atoms. The van der Waals surface area contributed by atoms with Crippen molar-refractivity contribution in [3.05, 3.63) is 28.8 Å². The predicted molar refractivity (Wildman–Crippen MR) is 51.6 cm³/mol. The minimum atomic E-state index is -0.584. The first kappa shape index (κ1) is 10.1. The highest BCUT2D eigenvalue weighted by Crippen LogP contribution is 2.19. The van der Waals surface area contributed by atoms with E-state index in [1.807, 2.05) is 6.07 Å². The second-order valence-electron chi connectivity index (χ2n) is 2.88. The van der Waals surface area contributed by atoms with Crippen LogP contribution < -0.4 is 5.73 Å². The van der Waals surface area contributed by atoms with E-state index >= 15 is 0 Å². The summed E-state index contributed by atoms with van der Waals surface area (Å²) in [6.07, 6.45) is 0. The van der Waals surface area contributed by atoms with Gasteiger partial charge in [-0.15, -0.1) is 0 Å². The number of rotatable bonds is 1. The Kier molecular flexibility index (Phi) is 2.73. The Hall–Kier alpha value is -2.02. The average molecular weight is 190 g/mol. The number of hydrogen-bond donors (Lipinski definition) is 1. The van der Waals surface area contributed by atoms with Gasteiger partial charge in [-0.05, 0) is 24.6 Å². The lowest BCUT2D eigenvalue weighted by molar-refractivity contribution is 0.0601. The molecule has 2 N–H and O–H groups in total. The van der Waals surface area contributed by atoms with Crippen LogP contribution in [0, 0.1) is 18.3 Å². The highest BCUT2D eigenvalue weighted by Gasteiger charge is 2.15. The van der Waals surface area contributed by atoms with E-state index in [2.05, 4.69) is 4.74 Å². The van der Waals surface area contributed by atoms with Crippen molar-refractivity contribution in [2.75, 3.05) is 12.8 Å². The highest BCUT2D eigenvalue weighted by molar-refractivity contribution is 5.97. The second-order valence-corrected chi connectivity index (χ2v) is 2.88. The number of methoxy groups -OCH3 is 1. The van der Waals surface area contributed by atoms with Crippen LogP contribution in [0.4, 0.5) is 5.69 Å². The van der Waals surface area contributed by atoms with Gasteiger partial charge in [-0.25, -0.2) is 4.79 Å². The van der Waals surface area contributed by atoms with Gasteiger partial charge in [0.25, 0.3) is 0 Å². The molecular formula is C10H10N2O2. The van der Waals surface area contributed by atoms with Gasteiger partial charge in [-0.2, -0.15) is 5.26 Å². The summed E-state index contributed by atoms with van der Waals surface area (Å²) in [6.45, 7) is 1.80. The summed E-state index contributed by atoms with van der Waals surface area (Å²) in [5.74, 6) is -0.584. The van der Waals surface area contributed by atoms with Gasteiger partial charge >= 0.3 is 5.97 Å². The Morgan fingerprint density at radius 2 is 2.21 bits per heavy atom. The summed E-state index contributed by atoms with van der Waals surface area (Å²) in [5, 5.41) is 8.80. The topological polar surface area (TPSA) is 76.1 Å². The zero-order valence-corrected chi connectivity index (χ0v) is 8.00. The number of anilines is 1. The number of nitrogens with zero attached hydrogens (tertiary/aromatic N) is 1. The lowest BCUT2D eigenvalue weighted by Gasteiger charge is -2.06. The first-order chi connectivity index (χ1) is 6.60. The van der Waals surface area contributed by atoms with Crippen LogP contribution in [0.2, 0.25) is 0 Å². The lowest BCUT2D eigenvalue weighted by Crippen LogP contribution is -2.08. The van der Waals surface area contributed by atoms with Crippen molar-refractivity contribution in [1.29, 1.82) is 5.26 Å². The van der Waals surface area contributed by atoms with E-state index in [4.69, 9.17) is 11.0 Å². The number of aryl methyl sites for hydroxylation is 1. The summed E-state index contributed by atoms with van der Waals surface area (Å²) in [5.41, 5.74) is 7.12. The molecule has 1 rings (SSSR count). The maximum absolute atomic E-state index is 11.3. The van der Waals surface area contributed by atoms with Crippen molar-refractivity contribution in [3.8, 4) is 6.07 Å². The Labute approximate surface area is 81.9 Å². The number of hydrogen-bond acceptors (Lipinski definition) is 4. The molecule has 0 bridgehead atoms. The lowest BCUT2D eigenvalue weighted by atomic mass is 10.0. The number of benzene rings is 1. The number of ether oxygens (including phenoxy) is 1. The predicted octanol–water partition coefficient (Wildman–Crippen LogP) is 1.24. The Morgan fingerprint density at radius 3 is 2.71 bits per heavy atom. The monoisotopic (exact) mass is 190 g/mol. The van der Waals surface area contributed by atoms with Gasteiger partial charge in [0.2, 0.25) is 0 Å². The molecule has 0 aliphatic carbocycles. The van der Waals surface area contributed by atoms with Crippen LogP contribution in [0.25, 0.3) is 0 Å². The van der Waals surface area contributed by atoms with Crippen molar-refractivity contribution in [2.45, 2.75) is 6.92 Å².